The molecule has 6 nitrogen and oxygen atoms in total. The molecule has 2 atom stereocenters. The first-order valence-corrected chi connectivity index (χ1v) is 9.82. The van der Waals surface area contributed by atoms with Crippen molar-refractivity contribution in [2.75, 3.05) is 19.7 Å². The third-order valence-electron chi connectivity index (χ3n) is 5.53. The zero-order chi connectivity index (χ0) is 18.1. The van der Waals surface area contributed by atoms with Crippen molar-refractivity contribution < 1.29 is 4.74 Å². The van der Waals surface area contributed by atoms with E-state index in [4.69, 9.17) is 9.73 Å². The Morgan fingerprint density at radius 3 is 2.65 bits per heavy atom. The molecular weight excluding hydrogens is 441 g/mol. The second-order valence-corrected chi connectivity index (χ2v) is 6.73. The summed E-state index contributed by atoms with van der Waals surface area (Å²) in [6.07, 6.45) is 10.4. The summed E-state index contributed by atoms with van der Waals surface area (Å²) in [5.41, 5.74) is 0.225. The SMILES string of the molecule is CCNC(=NCCCn1ccnc1)NC1CC(OCC)C1(CC)CC.I. The van der Waals surface area contributed by atoms with Crippen LogP contribution in [0.5, 0.6) is 0 Å². The number of hydrogen-bond donors (Lipinski definition) is 2. The van der Waals surface area contributed by atoms with Gasteiger partial charge in [0.25, 0.3) is 0 Å². The number of imidazole rings is 1. The lowest BCUT2D eigenvalue weighted by Gasteiger charge is -2.55. The van der Waals surface area contributed by atoms with Crippen molar-refractivity contribution >= 4 is 29.9 Å². The van der Waals surface area contributed by atoms with Crippen LogP contribution in [0, 0.1) is 5.41 Å². The minimum atomic E-state index is 0. The molecule has 1 saturated carbocycles. The van der Waals surface area contributed by atoms with Crippen LogP contribution in [-0.4, -0.2) is 47.4 Å². The number of rotatable bonds is 10. The number of guanidine groups is 1. The average Bonchev–Trinajstić information content (AvgIpc) is 3.12. The molecule has 1 aliphatic carbocycles. The lowest BCUT2D eigenvalue weighted by molar-refractivity contribution is -0.133. The van der Waals surface area contributed by atoms with Crippen LogP contribution < -0.4 is 10.6 Å². The highest BCUT2D eigenvalue weighted by molar-refractivity contribution is 14.0. The van der Waals surface area contributed by atoms with E-state index in [1.54, 1.807) is 0 Å². The molecule has 0 aromatic carbocycles. The summed E-state index contributed by atoms with van der Waals surface area (Å²) in [5.74, 6) is 0.930. The van der Waals surface area contributed by atoms with Crippen LogP contribution in [0.4, 0.5) is 0 Å². The van der Waals surface area contributed by atoms with Crippen molar-refractivity contribution in [3.8, 4) is 0 Å². The molecule has 0 radical (unpaired) electrons. The molecule has 0 amide bonds. The maximum Gasteiger partial charge on any atom is 0.191 e. The van der Waals surface area contributed by atoms with Crippen LogP contribution in [0.2, 0.25) is 0 Å². The number of aryl methyl sites for hydroxylation is 1. The predicted molar refractivity (Wildman–Crippen MR) is 118 cm³/mol. The Morgan fingerprint density at radius 2 is 2.08 bits per heavy atom. The molecule has 1 aliphatic rings. The van der Waals surface area contributed by atoms with E-state index >= 15 is 0 Å². The van der Waals surface area contributed by atoms with Crippen molar-refractivity contribution in [1.29, 1.82) is 0 Å². The summed E-state index contributed by atoms with van der Waals surface area (Å²) in [4.78, 5) is 8.83. The van der Waals surface area contributed by atoms with Crippen LogP contribution in [0.1, 0.15) is 53.4 Å². The minimum absolute atomic E-state index is 0. The molecule has 150 valence electrons. The van der Waals surface area contributed by atoms with Crippen LogP contribution in [0.3, 0.4) is 0 Å². The number of hydrogen-bond acceptors (Lipinski definition) is 3. The molecule has 7 heteroatoms. The predicted octanol–water partition coefficient (Wildman–Crippen LogP) is 3.43. The zero-order valence-corrected chi connectivity index (χ0v) is 19.0. The first kappa shape index (κ1) is 23.2. The molecule has 1 aromatic rings. The zero-order valence-electron chi connectivity index (χ0n) is 16.7. The molecule has 0 saturated heterocycles. The van der Waals surface area contributed by atoms with E-state index in [1.165, 1.54) is 0 Å². The topological polar surface area (TPSA) is 63.5 Å². The largest absolute Gasteiger partial charge is 0.378 e. The molecule has 0 aliphatic heterocycles. The first-order valence-electron chi connectivity index (χ1n) is 9.82. The van der Waals surface area contributed by atoms with E-state index in [0.717, 1.165) is 57.9 Å². The van der Waals surface area contributed by atoms with Gasteiger partial charge < -0.3 is 19.9 Å². The van der Waals surface area contributed by atoms with Gasteiger partial charge in [0.1, 0.15) is 0 Å². The number of ether oxygens (including phenoxy) is 1. The molecule has 2 N–H and O–H groups in total. The fourth-order valence-electron chi connectivity index (χ4n) is 3.93. The Bertz CT molecular complexity index is 516. The third kappa shape index (κ3) is 5.58. The number of halogens is 1. The van der Waals surface area contributed by atoms with Gasteiger partial charge in [-0.05, 0) is 39.5 Å². The van der Waals surface area contributed by atoms with Crippen LogP contribution in [0.25, 0.3) is 0 Å². The van der Waals surface area contributed by atoms with Crippen molar-refractivity contribution in [1.82, 2.24) is 20.2 Å². The molecule has 2 unspecified atom stereocenters. The molecular formula is C19H36IN5O. The van der Waals surface area contributed by atoms with Crippen LogP contribution in [-0.2, 0) is 11.3 Å². The van der Waals surface area contributed by atoms with Gasteiger partial charge in [-0.15, -0.1) is 24.0 Å². The molecule has 26 heavy (non-hydrogen) atoms. The van der Waals surface area contributed by atoms with Gasteiger partial charge in [-0.25, -0.2) is 4.98 Å². The highest BCUT2D eigenvalue weighted by atomic mass is 127. The van der Waals surface area contributed by atoms with Gasteiger partial charge in [-0.3, -0.25) is 4.99 Å². The Balaban J connectivity index is 0.00000338. The van der Waals surface area contributed by atoms with E-state index in [9.17, 15) is 0 Å². The second-order valence-electron chi connectivity index (χ2n) is 6.73. The number of nitrogens with zero attached hydrogens (tertiary/aromatic N) is 3. The summed E-state index contributed by atoms with van der Waals surface area (Å²) in [5, 5.41) is 7.06. The smallest absolute Gasteiger partial charge is 0.191 e. The number of aliphatic imine (C=N–C) groups is 1. The van der Waals surface area contributed by atoms with Gasteiger partial charge in [0, 0.05) is 50.1 Å². The van der Waals surface area contributed by atoms with E-state index in [1.807, 2.05) is 18.7 Å². The van der Waals surface area contributed by atoms with Crippen molar-refractivity contribution in [3.63, 3.8) is 0 Å². The Labute approximate surface area is 175 Å². The molecule has 0 bridgehead atoms. The molecule has 2 rings (SSSR count). The van der Waals surface area contributed by atoms with E-state index in [0.29, 0.717) is 12.1 Å². The lowest BCUT2D eigenvalue weighted by atomic mass is 9.58. The van der Waals surface area contributed by atoms with Gasteiger partial charge in [0.15, 0.2) is 5.96 Å². The maximum atomic E-state index is 5.98. The highest BCUT2D eigenvalue weighted by Crippen LogP contribution is 2.48. The number of aromatic nitrogens is 2. The Hall–Kier alpha value is -0.830. The van der Waals surface area contributed by atoms with Gasteiger partial charge in [-0.1, -0.05) is 13.8 Å². The fraction of sp³-hybridized carbons (Fsp3) is 0.789. The van der Waals surface area contributed by atoms with Crippen LogP contribution >= 0.6 is 24.0 Å². The summed E-state index contributed by atoms with van der Waals surface area (Å²) in [7, 11) is 0. The summed E-state index contributed by atoms with van der Waals surface area (Å²) in [6, 6.07) is 0.436. The van der Waals surface area contributed by atoms with E-state index in [-0.39, 0.29) is 29.4 Å². The Kier molecular flexibility index (Phi) is 10.5. The molecule has 1 fully saturated rings. The van der Waals surface area contributed by atoms with Crippen molar-refractivity contribution in [2.45, 2.75) is 72.1 Å². The Morgan fingerprint density at radius 1 is 1.31 bits per heavy atom. The fourth-order valence-corrected chi connectivity index (χ4v) is 3.93. The van der Waals surface area contributed by atoms with E-state index in [2.05, 4.69) is 47.9 Å². The number of nitrogens with one attached hydrogen (secondary N) is 2. The first-order chi connectivity index (χ1) is 12.2. The highest BCUT2D eigenvalue weighted by Gasteiger charge is 2.53. The molecule has 0 spiro atoms. The van der Waals surface area contributed by atoms with Gasteiger partial charge in [-0.2, -0.15) is 0 Å². The van der Waals surface area contributed by atoms with Gasteiger partial charge in [0.05, 0.1) is 12.4 Å². The van der Waals surface area contributed by atoms with Gasteiger partial charge >= 0.3 is 0 Å². The third-order valence-corrected chi connectivity index (χ3v) is 5.53. The molecule has 1 heterocycles. The van der Waals surface area contributed by atoms with Crippen molar-refractivity contribution in [2.24, 2.45) is 10.4 Å². The lowest BCUT2D eigenvalue weighted by Crippen LogP contribution is -2.65. The van der Waals surface area contributed by atoms with Crippen molar-refractivity contribution in [3.05, 3.63) is 18.7 Å². The standard InChI is InChI=1S/C19H35N5O.HI/c1-5-19(6-2)16(14-17(19)25-8-4)23-18(21-7-3)22-10-9-12-24-13-11-20-15-24;/h11,13,15-17H,5-10,12,14H2,1-4H3,(H2,21,22,23);1H. The monoisotopic (exact) mass is 477 g/mol. The summed E-state index contributed by atoms with van der Waals surface area (Å²) >= 11 is 0. The minimum Gasteiger partial charge on any atom is -0.378 e. The van der Waals surface area contributed by atoms with E-state index < -0.39 is 0 Å². The summed E-state index contributed by atoms with van der Waals surface area (Å²) < 4.78 is 8.07. The average molecular weight is 477 g/mol. The normalized spacial score (nSPS) is 21.6. The van der Waals surface area contributed by atoms with Crippen LogP contribution in [0.15, 0.2) is 23.7 Å². The quantitative estimate of drug-likeness (QED) is 0.235. The van der Waals surface area contributed by atoms with Gasteiger partial charge in [0.2, 0.25) is 0 Å². The maximum absolute atomic E-state index is 5.98. The second kappa shape index (κ2) is 11.8. The molecule has 1 aromatic heterocycles. The summed E-state index contributed by atoms with van der Waals surface area (Å²) in [6.45, 7) is 12.2.